The summed E-state index contributed by atoms with van der Waals surface area (Å²) in [5.74, 6) is -0.405. The Balaban J connectivity index is 1.68. The highest BCUT2D eigenvalue weighted by atomic mass is 16.5. The lowest BCUT2D eigenvalue weighted by Gasteiger charge is -2.14. The number of carbonyl (C=O) groups excluding carboxylic acids is 2. The zero-order valence-corrected chi connectivity index (χ0v) is 17.6. The van der Waals surface area contributed by atoms with Crippen molar-refractivity contribution in [3.63, 3.8) is 0 Å². The van der Waals surface area contributed by atoms with Gasteiger partial charge in [-0.05, 0) is 36.8 Å². The molecule has 1 unspecified atom stereocenters. The van der Waals surface area contributed by atoms with E-state index in [2.05, 4.69) is 10.6 Å². The van der Waals surface area contributed by atoms with Crippen LogP contribution in [0.4, 0.5) is 5.69 Å². The summed E-state index contributed by atoms with van der Waals surface area (Å²) in [6, 6.07) is 27.2. The second kappa shape index (κ2) is 11.1. The van der Waals surface area contributed by atoms with Crippen molar-refractivity contribution in [2.24, 2.45) is 0 Å². The topological polar surface area (TPSA) is 91.2 Å². The normalized spacial score (nSPS) is 11.7. The number of benzene rings is 3. The molecule has 3 aromatic carbocycles. The van der Waals surface area contributed by atoms with Crippen molar-refractivity contribution >= 4 is 23.6 Å². The number of nitriles is 1. The number of para-hydroxylation sites is 2. The number of rotatable bonds is 8. The van der Waals surface area contributed by atoms with E-state index < -0.39 is 5.91 Å². The molecule has 0 aliphatic rings. The molecule has 0 saturated carbocycles. The van der Waals surface area contributed by atoms with E-state index in [0.717, 1.165) is 5.56 Å². The van der Waals surface area contributed by atoms with E-state index in [-0.39, 0.29) is 24.1 Å². The molecule has 32 heavy (non-hydrogen) atoms. The Morgan fingerprint density at radius 1 is 0.969 bits per heavy atom. The Bertz CT molecular complexity index is 1140. The lowest BCUT2D eigenvalue weighted by atomic mass is 10.1. The molecule has 3 aromatic rings. The van der Waals surface area contributed by atoms with Crippen LogP contribution in [0.1, 0.15) is 24.1 Å². The van der Waals surface area contributed by atoms with Gasteiger partial charge in [0.05, 0.1) is 6.04 Å². The molecule has 0 fully saturated rings. The molecule has 6 nitrogen and oxygen atoms in total. The highest BCUT2D eigenvalue weighted by Gasteiger charge is 2.15. The van der Waals surface area contributed by atoms with Crippen LogP contribution in [0.15, 0.2) is 90.5 Å². The van der Waals surface area contributed by atoms with Gasteiger partial charge in [-0.15, -0.1) is 0 Å². The minimum absolute atomic E-state index is 0.0578. The average molecular weight is 425 g/mol. The first-order valence-electron chi connectivity index (χ1n) is 10.1. The van der Waals surface area contributed by atoms with Crippen molar-refractivity contribution < 1.29 is 14.3 Å². The highest BCUT2D eigenvalue weighted by molar-refractivity contribution is 6.02. The quantitative estimate of drug-likeness (QED) is 0.411. The van der Waals surface area contributed by atoms with Crippen molar-refractivity contribution in [1.82, 2.24) is 5.32 Å². The first-order valence-corrected chi connectivity index (χ1v) is 10.1. The summed E-state index contributed by atoms with van der Waals surface area (Å²) < 4.78 is 5.65. The van der Waals surface area contributed by atoms with E-state index in [4.69, 9.17) is 4.74 Å². The van der Waals surface area contributed by atoms with E-state index in [1.54, 1.807) is 36.4 Å². The van der Waals surface area contributed by atoms with Crippen LogP contribution in [0, 0.1) is 11.3 Å². The Kier molecular flexibility index (Phi) is 7.77. The van der Waals surface area contributed by atoms with Gasteiger partial charge in [-0.3, -0.25) is 9.59 Å². The van der Waals surface area contributed by atoms with Gasteiger partial charge >= 0.3 is 0 Å². The number of carbonyl (C=O) groups is 2. The van der Waals surface area contributed by atoms with Gasteiger partial charge < -0.3 is 15.4 Å². The van der Waals surface area contributed by atoms with Gasteiger partial charge in [-0.2, -0.15) is 5.26 Å². The van der Waals surface area contributed by atoms with E-state index >= 15 is 0 Å². The van der Waals surface area contributed by atoms with Crippen LogP contribution < -0.4 is 15.4 Å². The summed E-state index contributed by atoms with van der Waals surface area (Å²) in [4.78, 5) is 24.8. The molecule has 0 heterocycles. The fourth-order valence-corrected chi connectivity index (χ4v) is 3.00. The Morgan fingerprint density at radius 2 is 1.59 bits per heavy atom. The molecule has 0 saturated heterocycles. The first kappa shape index (κ1) is 22.3. The molecule has 2 amide bonds. The number of nitrogens with zero attached hydrogens (tertiary/aromatic N) is 1. The monoisotopic (exact) mass is 425 g/mol. The lowest BCUT2D eigenvalue weighted by Crippen LogP contribution is -2.27. The molecular weight excluding hydrogens is 402 g/mol. The zero-order valence-electron chi connectivity index (χ0n) is 17.6. The first-order chi connectivity index (χ1) is 15.6. The van der Waals surface area contributed by atoms with Crippen molar-refractivity contribution in [3.05, 3.63) is 102 Å². The summed E-state index contributed by atoms with van der Waals surface area (Å²) in [6.07, 6.45) is 1.46. The SMILES string of the molecule is CC(NC(=O)C(C#N)=Cc1ccccc1OCC(=O)Nc1ccccc1)c1ccccc1. The van der Waals surface area contributed by atoms with Crippen molar-refractivity contribution in [2.45, 2.75) is 13.0 Å². The lowest BCUT2D eigenvalue weighted by molar-refractivity contribution is -0.118. The third-order valence-corrected chi connectivity index (χ3v) is 4.65. The van der Waals surface area contributed by atoms with Gasteiger partial charge in [0.15, 0.2) is 6.61 Å². The Labute approximate surface area is 187 Å². The summed E-state index contributed by atoms with van der Waals surface area (Å²) in [7, 11) is 0. The van der Waals surface area contributed by atoms with Gasteiger partial charge in [0.25, 0.3) is 11.8 Å². The van der Waals surface area contributed by atoms with Gasteiger partial charge in [0.1, 0.15) is 17.4 Å². The van der Waals surface area contributed by atoms with Gasteiger partial charge in [-0.25, -0.2) is 0 Å². The molecular formula is C26H23N3O3. The molecule has 1 atom stereocenters. The van der Waals surface area contributed by atoms with E-state index in [1.165, 1.54) is 6.08 Å². The van der Waals surface area contributed by atoms with Crippen molar-refractivity contribution in [2.75, 3.05) is 11.9 Å². The molecule has 2 N–H and O–H groups in total. The summed E-state index contributed by atoms with van der Waals surface area (Å²) in [5, 5.41) is 15.1. The third-order valence-electron chi connectivity index (χ3n) is 4.65. The van der Waals surface area contributed by atoms with Crippen molar-refractivity contribution in [3.8, 4) is 11.8 Å². The summed E-state index contributed by atoms with van der Waals surface area (Å²) >= 11 is 0. The number of nitrogens with one attached hydrogen (secondary N) is 2. The number of hydrogen-bond acceptors (Lipinski definition) is 4. The zero-order chi connectivity index (χ0) is 22.8. The predicted octanol–water partition coefficient (Wildman–Crippen LogP) is 4.49. The molecule has 0 spiro atoms. The van der Waals surface area contributed by atoms with E-state index in [0.29, 0.717) is 17.0 Å². The standard InChI is InChI=1S/C26H23N3O3/c1-19(20-10-4-2-5-11-20)28-26(31)22(17-27)16-21-12-8-9-15-24(21)32-18-25(30)29-23-13-6-3-7-14-23/h2-16,19H,18H2,1H3,(H,28,31)(H,29,30). The smallest absolute Gasteiger partial charge is 0.262 e. The average Bonchev–Trinajstić information content (AvgIpc) is 2.83. The van der Waals surface area contributed by atoms with Gasteiger partial charge in [0, 0.05) is 11.3 Å². The van der Waals surface area contributed by atoms with Gasteiger partial charge in [0.2, 0.25) is 0 Å². The van der Waals surface area contributed by atoms with Crippen molar-refractivity contribution in [1.29, 1.82) is 5.26 Å². The largest absolute Gasteiger partial charge is 0.483 e. The number of anilines is 1. The third kappa shape index (κ3) is 6.31. The molecule has 3 rings (SSSR count). The fraction of sp³-hybridized carbons (Fsp3) is 0.115. The second-order valence-electron chi connectivity index (χ2n) is 7.02. The predicted molar refractivity (Wildman–Crippen MR) is 124 cm³/mol. The maximum absolute atomic E-state index is 12.6. The van der Waals surface area contributed by atoms with E-state index in [1.807, 2.05) is 61.5 Å². The maximum Gasteiger partial charge on any atom is 0.262 e. The Morgan fingerprint density at radius 3 is 2.28 bits per heavy atom. The minimum Gasteiger partial charge on any atom is -0.483 e. The van der Waals surface area contributed by atoms with Gasteiger partial charge in [-0.1, -0.05) is 66.7 Å². The molecule has 160 valence electrons. The number of hydrogen-bond donors (Lipinski definition) is 2. The van der Waals surface area contributed by atoms with Crippen LogP contribution in [-0.4, -0.2) is 18.4 Å². The fourth-order valence-electron chi connectivity index (χ4n) is 3.00. The number of amides is 2. The molecule has 0 aliphatic heterocycles. The van der Waals surface area contributed by atoms with Crippen LogP contribution in [0.2, 0.25) is 0 Å². The number of ether oxygens (including phenoxy) is 1. The van der Waals surface area contributed by atoms with Crippen LogP contribution in [0.3, 0.4) is 0 Å². The van der Waals surface area contributed by atoms with E-state index in [9.17, 15) is 14.9 Å². The maximum atomic E-state index is 12.6. The molecule has 0 bridgehead atoms. The van der Waals surface area contributed by atoms with Crippen LogP contribution >= 0.6 is 0 Å². The second-order valence-corrected chi connectivity index (χ2v) is 7.02. The summed E-state index contributed by atoms with van der Waals surface area (Å²) in [6.45, 7) is 1.64. The summed E-state index contributed by atoms with van der Waals surface area (Å²) in [5.41, 5.74) is 2.08. The van der Waals surface area contributed by atoms with Crippen LogP contribution in [0.25, 0.3) is 6.08 Å². The van der Waals surface area contributed by atoms with Crippen LogP contribution in [-0.2, 0) is 9.59 Å². The van der Waals surface area contributed by atoms with Crippen LogP contribution in [0.5, 0.6) is 5.75 Å². The molecule has 0 radical (unpaired) electrons. The highest BCUT2D eigenvalue weighted by Crippen LogP contribution is 2.22. The molecule has 6 heteroatoms. The molecule has 0 aromatic heterocycles. The minimum atomic E-state index is -0.486. The molecule has 0 aliphatic carbocycles. The Hall–Kier alpha value is -4.37.